The van der Waals surface area contributed by atoms with Crippen LogP contribution in [0.4, 0.5) is 18.9 Å². The Labute approximate surface area is 108 Å². The van der Waals surface area contributed by atoms with Gasteiger partial charge in [0.25, 0.3) is 0 Å². The van der Waals surface area contributed by atoms with E-state index in [0.29, 0.717) is 11.6 Å². The van der Waals surface area contributed by atoms with Crippen LogP contribution in [0.2, 0.25) is 0 Å². The first kappa shape index (κ1) is 13.3. The van der Waals surface area contributed by atoms with E-state index in [4.69, 9.17) is 0 Å². The summed E-state index contributed by atoms with van der Waals surface area (Å²) in [6.45, 7) is 2.88. The number of amidine groups is 1. The molecule has 0 aromatic heterocycles. The van der Waals surface area contributed by atoms with Crippen molar-refractivity contribution < 1.29 is 13.2 Å². The van der Waals surface area contributed by atoms with Crippen molar-refractivity contribution in [3.05, 3.63) is 29.8 Å². The van der Waals surface area contributed by atoms with E-state index in [9.17, 15) is 13.2 Å². The minimum atomic E-state index is -4.29. The van der Waals surface area contributed by atoms with Gasteiger partial charge in [0, 0.05) is 18.0 Å². The number of thioether (sulfide) groups is 1. The molecule has 1 unspecified atom stereocenters. The smallest absolute Gasteiger partial charge is 0.335 e. The summed E-state index contributed by atoms with van der Waals surface area (Å²) in [5.41, 5.74) is -0.0105. The maximum atomic E-state index is 12.4. The van der Waals surface area contributed by atoms with Crippen LogP contribution < -0.4 is 5.32 Å². The number of halogens is 3. The topological polar surface area (TPSA) is 24.4 Å². The number of aliphatic imine (C=N–C) groups is 1. The standard InChI is InChI=1S/C12H13F3N2S/c1-8-6-16-11(18-7-8)17-10-4-2-9(3-5-10)12(13,14)15/h2-5,8H,6-7H2,1H3,(H,16,17). The molecule has 0 spiro atoms. The van der Waals surface area contributed by atoms with Crippen LogP contribution in [0.3, 0.4) is 0 Å². The maximum Gasteiger partial charge on any atom is 0.416 e. The molecule has 0 bridgehead atoms. The van der Waals surface area contributed by atoms with Crippen molar-refractivity contribution in [3.8, 4) is 0 Å². The van der Waals surface area contributed by atoms with Gasteiger partial charge in [0.1, 0.15) is 0 Å². The fraction of sp³-hybridized carbons (Fsp3) is 0.417. The zero-order valence-corrected chi connectivity index (χ0v) is 10.6. The zero-order valence-electron chi connectivity index (χ0n) is 9.79. The number of anilines is 1. The molecule has 1 aliphatic rings. The third kappa shape index (κ3) is 3.41. The second kappa shape index (κ2) is 5.22. The first-order chi connectivity index (χ1) is 8.45. The summed E-state index contributed by atoms with van der Waals surface area (Å²) < 4.78 is 37.1. The number of hydrogen-bond donors (Lipinski definition) is 1. The summed E-state index contributed by atoms with van der Waals surface area (Å²) in [5, 5.41) is 3.80. The molecule has 1 heterocycles. The van der Waals surface area contributed by atoms with Gasteiger partial charge in [-0.05, 0) is 30.2 Å². The van der Waals surface area contributed by atoms with Gasteiger partial charge in [-0.2, -0.15) is 13.2 Å². The Morgan fingerprint density at radius 1 is 1.28 bits per heavy atom. The van der Waals surface area contributed by atoms with Gasteiger partial charge in [-0.3, -0.25) is 4.99 Å². The van der Waals surface area contributed by atoms with Crippen molar-refractivity contribution in [1.82, 2.24) is 0 Å². The Hall–Kier alpha value is -1.17. The SMILES string of the molecule is CC1CN=C(Nc2ccc(C(F)(F)F)cc2)SC1. The second-order valence-electron chi connectivity index (χ2n) is 4.26. The molecule has 1 aliphatic heterocycles. The lowest BCUT2D eigenvalue weighted by Crippen LogP contribution is -2.18. The zero-order chi connectivity index (χ0) is 13.2. The molecule has 1 N–H and O–H groups in total. The van der Waals surface area contributed by atoms with Crippen LogP contribution in [-0.2, 0) is 6.18 Å². The predicted octanol–water partition coefficient (Wildman–Crippen LogP) is 3.86. The number of hydrogen-bond acceptors (Lipinski definition) is 3. The molecule has 1 aromatic carbocycles. The minimum Gasteiger partial charge on any atom is -0.335 e. The Morgan fingerprint density at radius 2 is 1.94 bits per heavy atom. The van der Waals surface area contributed by atoms with Crippen molar-refractivity contribution in [2.24, 2.45) is 10.9 Å². The fourth-order valence-electron chi connectivity index (χ4n) is 1.50. The van der Waals surface area contributed by atoms with Crippen molar-refractivity contribution in [2.45, 2.75) is 13.1 Å². The highest BCUT2D eigenvalue weighted by Gasteiger charge is 2.29. The van der Waals surface area contributed by atoms with E-state index in [-0.39, 0.29) is 0 Å². The van der Waals surface area contributed by atoms with Crippen molar-refractivity contribution in [1.29, 1.82) is 0 Å². The van der Waals surface area contributed by atoms with Gasteiger partial charge in [0.15, 0.2) is 5.17 Å². The highest BCUT2D eigenvalue weighted by molar-refractivity contribution is 8.14. The molecule has 18 heavy (non-hydrogen) atoms. The van der Waals surface area contributed by atoms with E-state index in [1.54, 1.807) is 11.8 Å². The van der Waals surface area contributed by atoms with E-state index in [2.05, 4.69) is 17.2 Å². The molecule has 0 amide bonds. The van der Waals surface area contributed by atoms with E-state index in [1.165, 1.54) is 12.1 Å². The van der Waals surface area contributed by atoms with Crippen LogP contribution in [0.15, 0.2) is 29.3 Å². The third-order valence-corrected chi connectivity index (χ3v) is 3.75. The largest absolute Gasteiger partial charge is 0.416 e. The van der Waals surface area contributed by atoms with Gasteiger partial charge >= 0.3 is 6.18 Å². The van der Waals surface area contributed by atoms with Gasteiger partial charge in [0.05, 0.1) is 5.56 Å². The molecule has 1 aromatic rings. The normalized spacial score (nSPS) is 20.4. The molecule has 2 nitrogen and oxygen atoms in total. The second-order valence-corrected chi connectivity index (χ2v) is 5.27. The Morgan fingerprint density at radius 3 is 2.44 bits per heavy atom. The Bertz CT molecular complexity index is 440. The Kier molecular flexibility index (Phi) is 3.85. The average Bonchev–Trinajstić information content (AvgIpc) is 2.32. The lowest BCUT2D eigenvalue weighted by Gasteiger charge is -2.18. The lowest BCUT2D eigenvalue weighted by molar-refractivity contribution is -0.137. The van der Waals surface area contributed by atoms with E-state index >= 15 is 0 Å². The summed E-state index contributed by atoms with van der Waals surface area (Å²) in [6.07, 6.45) is -4.29. The number of nitrogens with one attached hydrogen (secondary N) is 1. The number of benzene rings is 1. The quantitative estimate of drug-likeness (QED) is 0.841. The van der Waals surface area contributed by atoms with Crippen LogP contribution >= 0.6 is 11.8 Å². The van der Waals surface area contributed by atoms with Gasteiger partial charge in [0.2, 0.25) is 0 Å². The molecule has 98 valence electrons. The summed E-state index contributed by atoms with van der Waals surface area (Å²) in [6, 6.07) is 4.98. The van der Waals surface area contributed by atoms with Crippen molar-refractivity contribution in [2.75, 3.05) is 17.6 Å². The van der Waals surface area contributed by atoms with Gasteiger partial charge < -0.3 is 5.32 Å². The van der Waals surface area contributed by atoms with E-state index in [1.807, 2.05) is 0 Å². The average molecular weight is 274 g/mol. The molecule has 1 atom stereocenters. The molecular formula is C12H13F3N2S. The third-order valence-electron chi connectivity index (χ3n) is 2.51. The molecule has 0 fully saturated rings. The summed E-state index contributed by atoms with van der Waals surface area (Å²) in [7, 11) is 0. The Balaban J connectivity index is 2.03. The van der Waals surface area contributed by atoms with E-state index in [0.717, 1.165) is 29.6 Å². The molecule has 0 aliphatic carbocycles. The van der Waals surface area contributed by atoms with Gasteiger partial charge in [-0.1, -0.05) is 18.7 Å². The highest BCUT2D eigenvalue weighted by Crippen LogP contribution is 2.30. The molecule has 0 radical (unpaired) electrons. The molecule has 6 heteroatoms. The van der Waals surface area contributed by atoms with E-state index < -0.39 is 11.7 Å². The van der Waals surface area contributed by atoms with Crippen LogP contribution in [0, 0.1) is 5.92 Å². The first-order valence-corrected chi connectivity index (χ1v) is 6.55. The summed E-state index contributed by atoms with van der Waals surface area (Å²) in [4.78, 5) is 4.32. The van der Waals surface area contributed by atoms with Crippen LogP contribution in [0.5, 0.6) is 0 Å². The fourth-order valence-corrected chi connectivity index (χ4v) is 2.40. The first-order valence-electron chi connectivity index (χ1n) is 5.56. The summed E-state index contributed by atoms with van der Waals surface area (Å²) >= 11 is 1.59. The number of rotatable bonds is 1. The number of alkyl halides is 3. The lowest BCUT2D eigenvalue weighted by atomic mass is 10.2. The van der Waals surface area contributed by atoms with Crippen molar-refractivity contribution >= 4 is 22.6 Å². The minimum absolute atomic E-state index is 0.549. The summed E-state index contributed by atoms with van der Waals surface area (Å²) in [5.74, 6) is 1.53. The maximum absolute atomic E-state index is 12.4. The molecule has 2 rings (SSSR count). The van der Waals surface area contributed by atoms with Crippen LogP contribution in [-0.4, -0.2) is 17.5 Å². The monoisotopic (exact) mass is 274 g/mol. The predicted molar refractivity (Wildman–Crippen MR) is 69.0 cm³/mol. The van der Waals surface area contributed by atoms with Crippen LogP contribution in [0.25, 0.3) is 0 Å². The van der Waals surface area contributed by atoms with Crippen LogP contribution in [0.1, 0.15) is 12.5 Å². The number of nitrogens with zero attached hydrogens (tertiary/aromatic N) is 1. The van der Waals surface area contributed by atoms with Gasteiger partial charge in [-0.15, -0.1) is 0 Å². The molecular weight excluding hydrogens is 261 g/mol. The van der Waals surface area contributed by atoms with Gasteiger partial charge in [-0.25, -0.2) is 0 Å². The van der Waals surface area contributed by atoms with Crippen molar-refractivity contribution in [3.63, 3.8) is 0 Å². The highest BCUT2D eigenvalue weighted by atomic mass is 32.2. The molecule has 0 saturated heterocycles. The molecule has 0 saturated carbocycles.